The Bertz CT molecular complexity index is 1870. The van der Waals surface area contributed by atoms with Crippen LogP contribution in [0.15, 0.2) is 164 Å². The van der Waals surface area contributed by atoms with Crippen LogP contribution in [0.1, 0.15) is 34.0 Å². The van der Waals surface area contributed by atoms with Crippen molar-refractivity contribution >= 4 is 5.57 Å². The van der Waals surface area contributed by atoms with Gasteiger partial charge in [0.05, 0.1) is 5.41 Å². The summed E-state index contributed by atoms with van der Waals surface area (Å²) in [5.74, 6) is 2.28. The minimum Gasteiger partial charge on any atom is -0.208 e. The van der Waals surface area contributed by atoms with Gasteiger partial charge in [0.1, 0.15) is 0 Å². The van der Waals surface area contributed by atoms with Crippen LogP contribution in [0, 0.1) is 5.92 Å². The first-order valence-electron chi connectivity index (χ1n) is 14.8. The first-order chi connectivity index (χ1) is 21.3. The number of nitrogens with zero attached hydrogens (tertiary/aromatic N) is 3. The molecule has 5 aromatic carbocycles. The third kappa shape index (κ3) is 4.08. The van der Waals surface area contributed by atoms with Crippen molar-refractivity contribution in [2.24, 2.45) is 5.92 Å². The smallest absolute Gasteiger partial charge is 0.164 e. The number of allylic oxidation sites excluding steroid dienone is 4. The van der Waals surface area contributed by atoms with Gasteiger partial charge in [-0.2, -0.15) is 0 Å². The minimum absolute atomic E-state index is 0.0660. The van der Waals surface area contributed by atoms with Gasteiger partial charge in [0.25, 0.3) is 0 Å². The summed E-state index contributed by atoms with van der Waals surface area (Å²) in [6, 6.07) is 51.3. The monoisotopic (exact) mass is 551 g/mol. The highest BCUT2D eigenvalue weighted by molar-refractivity contribution is 5.78. The molecular formula is C40H29N3. The van der Waals surface area contributed by atoms with E-state index in [2.05, 4.69) is 127 Å². The summed E-state index contributed by atoms with van der Waals surface area (Å²) in [6.07, 6.45) is 6.81. The molecule has 3 heteroatoms. The van der Waals surface area contributed by atoms with Gasteiger partial charge in [0.2, 0.25) is 0 Å². The molecule has 2 atom stereocenters. The first-order valence-corrected chi connectivity index (χ1v) is 14.8. The molecule has 6 aromatic rings. The average Bonchev–Trinajstić information content (AvgIpc) is 3.41. The molecule has 2 aliphatic rings. The SMILES string of the molecule is C1=CC2C(C(c3nc(-c4ccccc4)nc(-c4ccccc4)n3)=C1)c1ccccc1C2(c1ccccc1)c1ccccc1. The second-order valence-corrected chi connectivity index (χ2v) is 11.2. The molecular weight excluding hydrogens is 522 g/mol. The van der Waals surface area contributed by atoms with Crippen LogP contribution in [0.25, 0.3) is 28.3 Å². The second kappa shape index (κ2) is 10.5. The Labute approximate surface area is 252 Å². The molecule has 1 aromatic heterocycles. The van der Waals surface area contributed by atoms with Crippen LogP contribution >= 0.6 is 0 Å². The highest BCUT2D eigenvalue weighted by atomic mass is 15.0. The Morgan fingerprint density at radius 3 is 1.49 bits per heavy atom. The molecule has 2 aliphatic carbocycles. The first kappa shape index (κ1) is 25.3. The molecule has 43 heavy (non-hydrogen) atoms. The van der Waals surface area contributed by atoms with Crippen molar-refractivity contribution in [2.75, 3.05) is 0 Å². The summed E-state index contributed by atoms with van der Waals surface area (Å²) >= 11 is 0. The normalized spacial score (nSPS) is 18.0. The van der Waals surface area contributed by atoms with Gasteiger partial charge in [0.15, 0.2) is 17.5 Å². The number of hydrogen-bond acceptors (Lipinski definition) is 3. The zero-order valence-electron chi connectivity index (χ0n) is 23.6. The standard InChI is InChI=1S/C40H29N3/c1-5-16-28(17-6-1)37-41-38(29-18-7-2-8-19-29)43-39(42-37)33-25-15-27-35-36(33)32-24-13-14-26-34(32)40(35,30-20-9-3-10-21-30)31-22-11-4-12-23-31/h1-27,35-36H. The molecule has 0 radical (unpaired) electrons. The Balaban J connectivity index is 1.37. The highest BCUT2D eigenvalue weighted by Crippen LogP contribution is 2.62. The molecule has 0 saturated carbocycles. The van der Waals surface area contributed by atoms with Gasteiger partial charge in [-0.3, -0.25) is 0 Å². The lowest BCUT2D eigenvalue weighted by molar-refractivity contribution is 0.461. The van der Waals surface area contributed by atoms with E-state index < -0.39 is 0 Å². The predicted molar refractivity (Wildman–Crippen MR) is 173 cm³/mol. The zero-order chi connectivity index (χ0) is 28.6. The van der Waals surface area contributed by atoms with E-state index in [9.17, 15) is 0 Å². The molecule has 1 heterocycles. The van der Waals surface area contributed by atoms with Gasteiger partial charge in [0, 0.05) is 28.5 Å². The number of benzene rings is 5. The molecule has 2 unspecified atom stereocenters. The molecule has 0 N–H and O–H groups in total. The molecule has 0 amide bonds. The van der Waals surface area contributed by atoms with Crippen molar-refractivity contribution in [1.29, 1.82) is 0 Å². The van der Waals surface area contributed by atoms with Gasteiger partial charge in [-0.15, -0.1) is 0 Å². The lowest BCUT2D eigenvalue weighted by Crippen LogP contribution is -2.35. The Morgan fingerprint density at radius 1 is 0.465 bits per heavy atom. The van der Waals surface area contributed by atoms with Crippen LogP contribution in [0.4, 0.5) is 0 Å². The molecule has 0 spiro atoms. The fraction of sp³-hybridized carbons (Fsp3) is 0.0750. The molecule has 0 aliphatic heterocycles. The van der Waals surface area contributed by atoms with Gasteiger partial charge in [-0.1, -0.05) is 164 Å². The van der Waals surface area contributed by atoms with Gasteiger partial charge in [-0.05, 0) is 22.3 Å². The molecule has 0 bridgehead atoms. The van der Waals surface area contributed by atoms with Crippen LogP contribution in [-0.4, -0.2) is 15.0 Å². The molecule has 204 valence electrons. The third-order valence-electron chi connectivity index (χ3n) is 8.92. The van der Waals surface area contributed by atoms with E-state index in [-0.39, 0.29) is 17.3 Å². The van der Waals surface area contributed by atoms with E-state index in [4.69, 9.17) is 15.0 Å². The Morgan fingerprint density at radius 2 is 0.930 bits per heavy atom. The third-order valence-corrected chi connectivity index (χ3v) is 8.92. The van der Waals surface area contributed by atoms with Crippen LogP contribution in [-0.2, 0) is 5.41 Å². The second-order valence-electron chi connectivity index (χ2n) is 11.2. The number of aromatic nitrogens is 3. The zero-order valence-corrected chi connectivity index (χ0v) is 23.6. The van der Waals surface area contributed by atoms with Gasteiger partial charge >= 0.3 is 0 Å². The van der Waals surface area contributed by atoms with E-state index in [1.54, 1.807) is 0 Å². The van der Waals surface area contributed by atoms with Crippen LogP contribution < -0.4 is 0 Å². The number of hydrogen-bond donors (Lipinski definition) is 0. The quantitative estimate of drug-likeness (QED) is 0.215. The summed E-state index contributed by atoms with van der Waals surface area (Å²) in [7, 11) is 0. The van der Waals surface area contributed by atoms with Crippen molar-refractivity contribution in [1.82, 2.24) is 15.0 Å². The Hall–Kier alpha value is -5.41. The summed E-state index contributed by atoms with van der Waals surface area (Å²) in [4.78, 5) is 15.3. The molecule has 8 rings (SSSR count). The maximum absolute atomic E-state index is 5.16. The maximum Gasteiger partial charge on any atom is 0.164 e. The van der Waals surface area contributed by atoms with Crippen LogP contribution in [0.2, 0.25) is 0 Å². The molecule has 3 nitrogen and oxygen atoms in total. The van der Waals surface area contributed by atoms with E-state index in [0.717, 1.165) is 22.5 Å². The molecule has 0 saturated heterocycles. The Kier molecular flexibility index (Phi) is 6.15. The van der Waals surface area contributed by atoms with Crippen molar-refractivity contribution < 1.29 is 0 Å². The predicted octanol–water partition coefficient (Wildman–Crippen LogP) is 8.91. The summed E-state index contributed by atoms with van der Waals surface area (Å²) in [5.41, 5.74) is 7.93. The number of rotatable bonds is 5. The van der Waals surface area contributed by atoms with Crippen molar-refractivity contribution in [3.05, 3.63) is 192 Å². The summed E-state index contributed by atoms with van der Waals surface area (Å²) in [5, 5.41) is 0. The van der Waals surface area contributed by atoms with E-state index in [1.165, 1.54) is 22.3 Å². The lowest BCUT2D eigenvalue weighted by atomic mass is 9.62. The minimum atomic E-state index is -0.364. The van der Waals surface area contributed by atoms with Crippen molar-refractivity contribution in [3.8, 4) is 22.8 Å². The van der Waals surface area contributed by atoms with Crippen LogP contribution in [0.3, 0.4) is 0 Å². The van der Waals surface area contributed by atoms with Gasteiger partial charge in [-0.25, -0.2) is 15.0 Å². The van der Waals surface area contributed by atoms with E-state index in [1.807, 2.05) is 36.4 Å². The number of fused-ring (bicyclic) bond motifs is 3. The maximum atomic E-state index is 5.16. The largest absolute Gasteiger partial charge is 0.208 e. The van der Waals surface area contributed by atoms with E-state index >= 15 is 0 Å². The van der Waals surface area contributed by atoms with E-state index in [0.29, 0.717) is 11.6 Å². The van der Waals surface area contributed by atoms with Crippen molar-refractivity contribution in [2.45, 2.75) is 11.3 Å². The summed E-state index contributed by atoms with van der Waals surface area (Å²) in [6.45, 7) is 0. The van der Waals surface area contributed by atoms with Crippen LogP contribution in [0.5, 0.6) is 0 Å². The topological polar surface area (TPSA) is 38.7 Å². The van der Waals surface area contributed by atoms with Gasteiger partial charge < -0.3 is 0 Å². The average molecular weight is 552 g/mol. The fourth-order valence-corrected chi connectivity index (χ4v) is 7.17. The summed E-state index contributed by atoms with van der Waals surface area (Å²) < 4.78 is 0. The lowest BCUT2D eigenvalue weighted by Gasteiger charge is -2.39. The fourth-order valence-electron chi connectivity index (χ4n) is 7.17. The highest BCUT2D eigenvalue weighted by Gasteiger charge is 2.54. The molecule has 0 fully saturated rings. The van der Waals surface area contributed by atoms with Crippen molar-refractivity contribution in [3.63, 3.8) is 0 Å².